The number of benzene rings is 2. The number of carbonyl (C=O) groups is 1. The second-order valence-corrected chi connectivity index (χ2v) is 5.26. The van der Waals surface area contributed by atoms with Crippen LogP contribution in [-0.2, 0) is 0 Å². The van der Waals surface area contributed by atoms with Gasteiger partial charge in [0.05, 0.1) is 11.4 Å². The summed E-state index contributed by atoms with van der Waals surface area (Å²) in [5.74, 6) is -0.202. The molecule has 0 aliphatic rings. The van der Waals surface area contributed by atoms with Gasteiger partial charge in [0.1, 0.15) is 12.7 Å². The van der Waals surface area contributed by atoms with Crippen LogP contribution in [-0.4, -0.2) is 20.7 Å². The molecule has 0 saturated heterocycles. The highest BCUT2D eigenvalue weighted by molar-refractivity contribution is 6.31. The topological polar surface area (TPSA) is 59.8 Å². The largest absolute Gasteiger partial charge is 0.320 e. The molecule has 6 heteroatoms. The van der Waals surface area contributed by atoms with Crippen molar-refractivity contribution in [3.8, 4) is 5.69 Å². The van der Waals surface area contributed by atoms with Crippen LogP contribution < -0.4 is 5.32 Å². The lowest BCUT2D eigenvalue weighted by Gasteiger charge is -2.11. The van der Waals surface area contributed by atoms with Gasteiger partial charge < -0.3 is 5.32 Å². The maximum absolute atomic E-state index is 12.4. The molecule has 0 fully saturated rings. The number of aromatic nitrogens is 3. The molecule has 1 aromatic heterocycles. The number of aryl methyl sites for hydroxylation is 1. The van der Waals surface area contributed by atoms with Crippen molar-refractivity contribution in [2.45, 2.75) is 6.92 Å². The summed E-state index contributed by atoms with van der Waals surface area (Å²) in [5, 5.41) is 7.48. The third-order valence-electron chi connectivity index (χ3n) is 3.15. The summed E-state index contributed by atoms with van der Waals surface area (Å²) < 4.78 is 1.57. The quantitative estimate of drug-likeness (QED) is 0.805. The van der Waals surface area contributed by atoms with Crippen molar-refractivity contribution in [3.63, 3.8) is 0 Å². The van der Waals surface area contributed by atoms with Gasteiger partial charge >= 0.3 is 0 Å². The molecule has 110 valence electrons. The number of amides is 1. The summed E-state index contributed by atoms with van der Waals surface area (Å²) in [7, 11) is 0. The molecule has 0 saturated carbocycles. The van der Waals surface area contributed by atoms with Crippen molar-refractivity contribution in [2.75, 3.05) is 5.32 Å². The summed E-state index contributed by atoms with van der Waals surface area (Å²) in [6, 6.07) is 12.6. The van der Waals surface area contributed by atoms with Crippen LogP contribution in [0.5, 0.6) is 0 Å². The first-order valence-electron chi connectivity index (χ1n) is 6.66. The van der Waals surface area contributed by atoms with Gasteiger partial charge in [0.25, 0.3) is 5.91 Å². The van der Waals surface area contributed by atoms with E-state index < -0.39 is 0 Å². The summed E-state index contributed by atoms with van der Waals surface area (Å²) >= 11 is 6.04. The van der Waals surface area contributed by atoms with E-state index in [1.54, 1.807) is 35.3 Å². The molecule has 2 aromatic carbocycles. The van der Waals surface area contributed by atoms with Crippen LogP contribution in [0.4, 0.5) is 5.69 Å². The van der Waals surface area contributed by atoms with Gasteiger partial charge in [-0.15, -0.1) is 0 Å². The van der Waals surface area contributed by atoms with Gasteiger partial charge in [-0.25, -0.2) is 9.67 Å². The zero-order valence-electron chi connectivity index (χ0n) is 11.8. The fourth-order valence-electron chi connectivity index (χ4n) is 2.12. The van der Waals surface area contributed by atoms with E-state index in [0.717, 1.165) is 5.56 Å². The predicted molar refractivity (Wildman–Crippen MR) is 85.5 cm³/mol. The molecule has 3 rings (SSSR count). The van der Waals surface area contributed by atoms with E-state index in [9.17, 15) is 4.79 Å². The molecular formula is C16H13ClN4O. The molecule has 1 N–H and O–H groups in total. The van der Waals surface area contributed by atoms with Crippen molar-refractivity contribution in [3.05, 3.63) is 71.3 Å². The highest BCUT2D eigenvalue weighted by Crippen LogP contribution is 2.24. The van der Waals surface area contributed by atoms with E-state index in [1.165, 1.54) is 6.33 Å². The van der Waals surface area contributed by atoms with Crippen LogP contribution in [0.25, 0.3) is 5.69 Å². The summed E-state index contributed by atoms with van der Waals surface area (Å²) in [4.78, 5) is 16.3. The Labute approximate surface area is 132 Å². The number of carbonyl (C=O) groups excluding carboxylic acids is 1. The SMILES string of the molecule is Cc1cccc(C(=O)Nc2cc(Cl)ccc2-n2cncn2)c1. The van der Waals surface area contributed by atoms with Gasteiger partial charge in [-0.2, -0.15) is 5.10 Å². The molecule has 1 amide bonds. The number of anilines is 1. The summed E-state index contributed by atoms with van der Waals surface area (Å²) in [6.45, 7) is 1.94. The van der Waals surface area contributed by atoms with Crippen molar-refractivity contribution < 1.29 is 4.79 Å². The fraction of sp³-hybridized carbons (Fsp3) is 0.0625. The molecule has 0 spiro atoms. The van der Waals surface area contributed by atoms with Gasteiger partial charge in [0, 0.05) is 10.6 Å². The minimum absolute atomic E-state index is 0.202. The Morgan fingerprint density at radius 3 is 2.82 bits per heavy atom. The van der Waals surface area contributed by atoms with Crippen LogP contribution in [0.3, 0.4) is 0 Å². The Kier molecular flexibility index (Phi) is 3.89. The minimum Gasteiger partial charge on any atom is -0.320 e. The molecule has 0 bridgehead atoms. The van der Waals surface area contributed by atoms with Crippen LogP contribution >= 0.6 is 11.6 Å². The number of hydrogen-bond acceptors (Lipinski definition) is 3. The molecular weight excluding hydrogens is 300 g/mol. The Hall–Kier alpha value is -2.66. The Bertz CT molecular complexity index is 815. The Balaban J connectivity index is 1.95. The van der Waals surface area contributed by atoms with Gasteiger partial charge in [-0.05, 0) is 37.3 Å². The highest BCUT2D eigenvalue weighted by Gasteiger charge is 2.11. The van der Waals surface area contributed by atoms with Crippen LogP contribution in [0.1, 0.15) is 15.9 Å². The van der Waals surface area contributed by atoms with E-state index in [-0.39, 0.29) is 5.91 Å². The summed E-state index contributed by atoms with van der Waals surface area (Å²) in [6.07, 6.45) is 2.99. The molecule has 0 unspecified atom stereocenters. The first-order chi connectivity index (χ1) is 10.6. The van der Waals surface area contributed by atoms with Crippen molar-refractivity contribution >= 4 is 23.2 Å². The Morgan fingerprint density at radius 2 is 2.09 bits per heavy atom. The normalized spacial score (nSPS) is 10.5. The highest BCUT2D eigenvalue weighted by atomic mass is 35.5. The average Bonchev–Trinajstić information content (AvgIpc) is 3.01. The number of halogens is 1. The van der Waals surface area contributed by atoms with Crippen LogP contribution in [0.15, 0.2) is 55.1 Å². The van der Waals surface area contributed by atoms with Crippen LogP contribution in [0, 0.1) is 6.92 Å². The van der Waals surface area contributed by atoms with Gasteiger partial charge in [-0.1, -0.05) is 29.3 Å². The van der Waals surface area contributed by atoms with E-state index in [4.69, 9.17) is 11.6 Å². The van der Waals surface area contributed by atoms with E-state index in [1.807, 2.05) is 25.1 Å². The molecule has 22 heavy (non-hydrogen) atoms. The predicted octanol–water partition coefficient (Wildman–Crippen LogP) is 3.48. The molecule has 0 aliphatic carbocycles. The summed E-state index contributed by atoms with van der Waals surface area (Å²) in [5.41, 5.74) is 2.88. The lowest BCUT2D eigenvalue weighted by atomic mass is 10.1. The van der Waals surface area contributed by atoms with Crippen molar-refractivity contribution in [1.82, 2.24) is 14.8 Å². The lowest BCUT2D eigenvalue weighted by Crippen LogP contribution is -2.14. The second kappa shape index (κ2) is 5.99. The number of nitrogens with zero attached hydrogens (tertiary/aromatic N) is 3. The zero-order chi connectivity index (χ0) is 15.5. The third-order valence-corrected chi connectivity index (χ3v) is 3.39. The Morgan fingerprint density at radius 1 is 1.23 bits per heavy atom. The fourth-order valence-corrected chi connectivity index (χ4v) is 2.29. The van der Waals surface area contributed by atoms with Crippen molar-refractivity contribution in [1.29, 1.82) is 0 Å². The maximum atomic E-state index is 12.4. The van der Waals surface area contributed by atoms with Gasteiger partial charge in [0.15, 0.2) is 0 Å². The third kappa shape index (κ3) is 2.99. The van der Waals surface area contributed by atoms with Gasteiger partial charge in [-0.3, -0.25) is 4.79 Å². The van der Waals surface area contributed by atoms with E-state index >= 15 is 0 Å². The number of nitrogens with one attached hydrogen (secondary N) is 1. The number of hydrogen-bond donors (Lipinski definition) is 1. The van der Waals surface area contributed by atoms with Crippen molar-refractivity contribution in [2.24, 2.45) is 0 Å². The lowest BCUT2D eigenvalue weighted by molar-refractivity contribution is 0.102. The van der Waals surface area contributed by atoms with Crippen LogP contribution in [0.2, 0.25) is 5.02 Å². The molecule has 0 atom stereocenters. The first kappa shape index (κ1) is 14.3. The first-order valence-corrected chi connectivity index (χ1v) is 7.04. The standard InChI is InChI=1S/C16H13ClN4O/c1-11-3-2-4-12(7-11)16(22)20-14-8-13(17)5-6-15(14)21-10-18-9-19-21/h2-10H,1H3,(H,20,22). The molecule has 3 aromatic rings. The molecule has 5 nitrogen and oxygen atoms in total. The zero-order valence-corrected chi connectivity index (χ0v) is 12.6. The average molecular weight is 313 g/mol. The monoisotopic (exact) mass is 312 g/mol. The molecule has 1 heterocycles. The van der Waals surface area contributed by atoms with E-state index in [0.29, 0.717) is 22.0 Å². The number of rotatable bonds is 3. The second-order valence-electron chi connectivity index (χ2n) is 4.83. The smallest absolute Gasteiger partial charge is 0.255 e. The minimum atomic E-state index is -0.202. The van der Waals surface area contributed by atoms with E-state index in [2.05, 4.69) is 15.4 Å². The maximum Gasteiger partial charge on any atom is 0.255 e. The molecule has 0 radical (unpaired) electrons. The molecule has 0 aliphatic heterocycles. The van der Waals surface area contributed by atoms with Gasteiger partial charge in [0.2, 0.25) is 0 Å².